The van der Waals surface area contributed by atoms with Crippen LogP contribution in [0.1, 0.15) is 35.1 Å². The third kappa shape index (κ3) is 5.39. The fraction of sp³-hybridized carbons (Fsp3) is 0.300. The summed E-state index contributed by atoms with van der Waals surface area (Å²) in [5, 5.41) is 8.13. The average Bonchev–Trinajstić information content (AvgIpc) is 3.33. The van der Waals surface area contributed by atoms with Crippen LogP contribution in [-0.2, 0) is 9.53 Å². The first-order valence-electron chi connectivity index (χ1n) is 9.63. The summed E-state index contributed by atoms with van der Waals surface area (Å²) in [5.74, 6) is -1.11. The highest BCUT2D eigenvalue weighted by Crippen LogP contribution is 2.29. The molecule has 1 atom stereocenters. The monoisotopic (exact) mass is 424 g/mol. The average molecular weight is 424 g/mol. The van der Waals surface area contributed by atoms with Gasteiger partial charge in [-0.05, 0) is 25.0 Å². The number of anilines is 2. The molecule has 2 amide bonds. The van der Waals surface area contributed by atoms with E-state index in [1.54, 1.807) is 18.5 Å². The summed E-state index contributed by atoms with van der Waals surface area (Å²) in [5.41, 5.74) is 7.51. The van der Waals surface area contributed by atoms with E-state index in [2.05, 4.69) is 35.9 Å². The van der Waals surface area contributed by atoms with Crippen molar-refractivity contribution < 1.29 is 14.3 Å². The van der Waals surface area contributed by atoms with Gasteiger partial charge in [-0.15, -0.1) is 0 Å². The molecule has 0 radical (unpaired) electrons. The van der Waals surface area contributed by atoms with Crippen LogP contribution in [0.5, 0.6) is 0 Å². The lowest BCUT2D eigenvalue weighted by atomic mass is 10.1. The first kappa shape index (κ1) is 21.8. The maximum Gasteiger partial charge on any atom is 0.276 e. The maximum atomic E-state index is 13.2. The third-order valence-corrected chi connectivity index (χ3v) is 4.50. The van der Waals surface area contributed by atoms with Gasteiger partial charge in [0.15, 0.2) is 5.69 Å². The zero-order chi connectivity index (χ0) is 22.2. The number of allylic oxidation sites excluding steroid dienone is 1. The summed E-state index contributed by atoms with van der Waals surface area (Å²) < 4.78 is 5.70. The minimum Gasteiger partial charge on any atom is -0.393 e. The van der Waals surface area contributed by atoms with Crippen LogP contribution in [0.15, 0.2) is 47.2 Å². The molecule has 1 saturated heterocycles. The molecule has 0 saturated carbocycles. The van der Waals surface area contributed by atoms with Gasteiger partial charge >= 0.3 is 0 Å². The zero-order valence-corrected chi connectivity index (χ0v) is 17.3. The van der Waals surface area contributed by atoms with Gasteiger partial charge in [0.25, 0.3) is 11.8 Å². The normalized spacial score (nSPS) is 16.6. The lowest BCUT2D eigenvalue weighted by Crippen LogP contribution is -2.33. The maximum absolute atomic E-state index is 13.2. The van der Waals surface area contributed by atoms with E-state index in [1.807, 2.05) is 6.07 Å². The summed E-state index contributed by atoms with van der Waals surface area (Å²) in [6, 6.07) is 3.55. The summed E-state index contributed by atoms with van der Waals surface area (Å²) in [7, 11) is 2.94. The number of nitrogens with zero attached hydrogens (tertiary/aromatic N) is 4. The van der Waals surface area contributed by atoms with Crippen molar-refractivity contribution in [2.75, 3.05) is 26.0 Å². The highest BCUT2D eigenvalue weighted by atomic mass is 16.5. The van der Waals surface area contributed by atoms with Gasteiger partial charge in [-0.2, -0.15) is 0 Å². The molecule has 1 aliphatic rings. The molecule has 0 spiro atoms. The van der Waals surface area contributed by atoms with Crippen molar-refractivity contribution in [2.24, 2.45) is 10.7 Å². The van der Waals surface area contributed by atoms with E-state index < -0.39 is 11.8 Å². The van der Waals surface area contributed by atoms with Crippen LogP contribution < -0.4 is 21.7 Å². The van der Waals surface area contributed by atoms with Crippen molar-refractivity contribution >= 4 is 29.4 Å². The minimum atomic E-state index is -0.569. The molecular weight excluding hydrogens is 400 g/mol. The SMILES string of the molecule is CN=CC(NC(=O)c1nc(C2CCCO2)ccc1Nc1cncnc1)=C(N)C(=O)NC. The number of hydrogen-bond donors (Lipinski definition) is 4. The molecule has 1 fully saturated rings. The quantitative estimate of drug-likeness (QED) is 0.376. The summed E-state index contributed by atoms with van der Waals surface area (Å²) in [4.78, 5) is 41.4. The number of nitrogens with one attached hydrogen (secondary N) is 3. The van der Waals surface area contributed by atoms with Crippen LogP contribution in [0.3, 0.4) is 0 Å². The Balaban J connectivity index is 1.97. The lowest BCUT2D eigenvalue weighted by molar-refractivity contribution is -0.117. The fourth-order valence-electron chi connectivity index (χ4n) is 2.99. The fourth-order valence-corrected chi connectivity index (χ4v) is 2.99. The zero-order valence-electron chi connectivity index (χ0n) is 17.3. The number of aromatic nitrogens is 3. The predicted molar refractivity (Wildman–Crippen MR) is 115 cm³/mol. The van der Waals surface area contributed by atoms with Crippen molar-refractivity contribution in [3.8, 4) is 0 Å². The standard InChI is InChI=1S/C20H24N8O3/c1-22-10-15(17(21)19(29)23-2)28-20(30)18-14(26-12-8-24-11-25-9-12)6-5-13(27-18)16-4-3-7-31-16/h5-6,8-11,16,26H,3-4,7,21H2,1-2H3,(H,23,29)(H,28,30). The Kier molecular flexibility index (Phi) is 7.22. The van der Waals surface area contributed by atoms with Crippen molar-refractivity contribution in [1.82, 2.24) is 25.6 Å². The second kappa shape index (κ2) is 10.3. The molecule has 1 unspecified atom stereocenters. The molecule has 11 heteroatoms. The van der Waals surface area contributed by atoms with E-state index in [0.717, 1.165) is 12.8 Å². The van der Waals surface area contributed by atoms with Crippen molar-refractivity contribution in [3.63, 3.8) is 0 Å². The molecule has 5 N–H and O–H groups in total. The van der Waals surface area contributed by atoms with E-state index >= 15 is 0 Å². The summed E-state index contributed by atoms with van der Waals surface area (Å²) in [6.07, 6.45) is 7.42. The molecule has 2 aromatic rings. The molecular formula is C20H24N8O3. The number of carbonyl (C=O) groups excluding carboxylic acids is 2. The molecule has 162 valence electrons. The number of ether oxygens (including phenoxy) is 1. The first-order chi connectivity index (χ1) is 15.0. The molecule has 3 heterocycles. The van der Waals surface area contributed by atoms with Gasteiger partial charge in [-0.25, -0.2) is 15.0 Å². The van der Waals surface area contributed by atoms with Gasteiger partial charge in [-0.1, -0.05) is 0 Å². The van der Waals surface area contributed by atoms with Crippen LogP contribution in [0.25, 0.3) is 0 Å². The molecule has 31 heavy (non-hydrogen) atoms. The smallest absolute Gasteiger partial charge is 0.276 e. The van der Waals surface area contributed by atoms with Gasteiger partial charge in [-0.3, -0.25) is 14.6 Å². The number of carbonyl (C=O) groups is 2. The number of pyridine rings is 1. The molecule has 1 aliphatic heterocycles. The number of aliphatic imine (C=N–C) groups is 1. The lowest BCUT2D eigenvalue weighted by Gasteiger charge is -2.16. The van der Waals surface area contributed by atoms with Gasteiger partial charge < -0.3 is 26.4 Å². The highest BCUT2D eigenvalue weighted by molar-refractivity contribution is 6.05. The van der Waals surface area contributed by atoms with Gasteiger partial charge in [0.05, 0.1) is 41.3 Å². The molecule has 11 nitrogen and oxygen atoms in total. The van der Waals surface area contributed by atoms with E-state index in [-0.39, 0.29) is 23.2 Å². The third-order valence-electron chi connectivity index (χ3n) is 4.50. The Morgan fingerprint density at radius 3 is 2.71 bits per heavy atom. The van der Waals surface area contributed by atoms with Crippen LogP contribution in [0.2, 0.25) is 0 Å². The molecule has 0 aliphatic carbocycles. The molecule has 2 aromatic heterocycles. The molecule has 0 aromatic carbocycles. The van der Waals surface area contributed by atoms with Gasteiger partial charge in [0, 0.05) is 26.9 Å². The largest absolute Gasteiger partial charge is 0.393 e. The second-order valence-electron chi connectivity index (χ2n) is 6.63. The van der Waals surface area contributed by atoms with Crippen LogP contribution in [0.4, 0.5) is 11.4 Å². The molecule has 0 bridgehead atoms. The Morgan fingerprint density at radius 1 is 1.29 bits per heavy atom. The summed E-state index contributed by atoms with van der Waals surface area (Å²) in [6.45, 7) is 0.651. The minimum absolute atomic E-state index is 0.0603. The second-order valence-corrected chi connectivity index (χ2v) is 6.63. The van der Waals surface area contributed by atoms with Crippen molar-refractivity contribution in [3.05, 3.63) is 53.6 Å². The van der Waals surface area contributed by atoms with Crippen molar-refractivity contribution in [1.29, 1.82) is 0 Å². The van der Waals surface area contributed by atoms with Gasteiger partial charge in [0.1, 0.15) is 12.0 Å². The van der Waals surface area contributed by atoms with E-state index in [0.29, 0.717) is 23.7 Å². The molecule has 3 rings (SSSR count). The number of nitrogens with two attached hydrogens (primary N) is 1. The highest BCUT2D eigenvalue weighted by Gasteiger charge is 2.23. The predicted octanol–water partition coefficient (Wildman–Crippen LogP) is 0.813. The number of rotatable bonds is 7. The Bertz CT molecular complexity index is 1000. The van der Waals surface area contributed by atoms with E-state index in [1.165, 1.54) is 26.6 Å². The van der Waals surface area contributed by atoms with Crippen molar-refractivity contribution in [2.45, 2.75) is 18.9 Å². The van der Waals surface area contributed by atoms with Crippen LogP contribution >= 0.6 is 0 Å². The van der Waals surface area contributed by atoms with Gasteiger partial charge in [0.2, 0.25) is 0 Å². The number of amides is 2. The first-order valence-corrected chi connectivity index (χ1v) is 9.63. The Hall–Kier alpha value is -3.86. The van der Waals surface area contributed by atoms with E-state index in [4.69, 9.17) is 10.5 Å². The Labute approximate surface area is 179 Å². The van der Waals surface area contributed by atoms with Crippen LogP contribution in [-0.4, -0.2) is 53.7 Å². The van der Waals surface area contributed by atoms with Crippen LogP contribution in [0, 0.1) is 0 Å². The van der Waals surface area contributed by atoms with E-state index in [9.17, 15) is 9.59 Å². The topological polar surface area (TPSA) is 157 Å². The summed E-state index contributed by atoms with van der Waals surface area (Å²) >= 11 is 0. The Morgan fingerprint density at radius 2 is 2.06 bits per heavy atom. The number of hydrogen-bond acceptors (Lipinski definition) is 9. The number of likely N-dealkylation sites (N-methyl/N-ethyl adjacent to an activating group) is 1.